The molecule has 0 saturated heterocycles. The van der Waals surface area contributed by atoms with E-state index in [4.69, 9.17) is 10.5 Å². The lowest BCUT2D eigenvalue weighted by Crippen LogP contribution is -2.21. The van der Waals surface area contributed by atoms with Crippen molar-refractivity contribution < 1.29 is 9.53 Å². The van der Waals surface area contributed by atoms with E-state index in [-0.39, 0.29) is 12.5 Å². The second-order valence-electron chi connectivity index (χ2n) is 5.57. The molecule has 0 fully saturated rings. The molecule has 0 aliphatic heterocycles. The predicted molar refractivity (Wildman–Crippen MR) is 88.3 cm³/mol. The summed E-state index contributed by atoms with van der Waals surface area (Å²) in [7, 11) is 0. The molecule has 0 bridgehead atoms. The van der Waals surface area contributed by atoms with Gasteiger partial charge >= 0.3 is 0 Å². The van der Waals surface area contributed by atoms with Crippen molar-refractivity contribution in [3.8, 4) is 0 Å². The van der Waals surface area contributed by atoms with E-state index in [1.165, 1.54) is 19.3 Å². The Bertz CT molecular complexity index is 446. The quantitative estimate of drug-likeness (QED) is 0.681. The number of hydrogen-bond acceptors (Lipinski definition) is 3. The molecule has 1 aromatic carbocycles. The number of nitrogen functional groups attached to an aromatic ring is 1. The van der Waals surface area contributed by atoms with Crippen LogP contribution in [0.4, 0.5) is 11.4 Å². The monoisotopic (exact) mass is 292 g/mol. The minimum Gasteiger partial charge on any atom is -0.397 e. The van der Waals surface area contributed by atoms with Crippen molar-refractivity contribution in [2.75, 3.05) is 24.3 Å². The molecule has 1 unspecified atom stereocenters. The molecular formula is C17H28N2O2. The van der Waals surface area contributed by atoms with Gasteiger partial charge in [-0.05, 0) is 37.0 Å². The van der Waals surface area contributed by atoms with Crippen LogP contribution in [0, 0.1) is 12.8 Å². The van der Waals surface area contributed by atoms with Gasteiger partial charge in [0.1, 0.15) is 6.61 Å². The average Bonchev–Trinajstić information content (AvgIpc) is 2.45. The molecule has 0 aliphatic rings. The van der Waals surface area contributed by atoms with Gasteiger partial charge in [-0.1, -0.05) is 39.2 Å². The van der Waals surface area contributed by atoms with Crippen molar-refractivity contribution in [3.05, 3.63) is 23.8 Å². The Morgan fingerprint density at radius 2 is 2.14 bits per heavy atom. The normalized spacial score (nSPS) is 12.1. The average molecular weight is 292 g/mol. The smallest absolute Gasteiger partial charge is 0.250 e. The summed E-state index contributed by atoms with van der Waals surface area (Å²) < 4.78 is 5.53. The van der Waals surface area contributed by atoms with Crippen LogP contribution in [-0.4, -0.2) is 19.1 Å². The lowest BCUT2D eigenvalue weighted by Gasteiger charge is -2.15. The van der Waals surface area contributed by atoms with E-state index in [0.29, 0.717) is 23.9 Å². The molecule has 1 amide bonds. The molecule has 1 rings (SSSR count). The first-order valence-corrected chi connectivity index (χ1v) is 7.80. The molecule has 1 aromatic rings. The van der Waals surface area contributed by atoms with E-state index in [1.807, 2.05) is 25.1 Å². The van der Waals surface area contributed by atoms with Crippen LogP contribution in [0.25, 0.3) is 0 Å². The molecule has 4 heteroatoms. The number of aryl methyl sites for hydroxylation is 1. The van der Waals surface area contributed by atoms with Crippen LogP contribution in [0.1, 0.15) is 45.1 Å². The van der Waals surface area contributed by atoms with Crippen LogP contribution in [0.15, 0.2) is 18.2 Å². The van der Waals surface area contributed by atoms with Crippen LogP contribution in [0.2, 0.25) is 0 Å². The molecule has 0 spiro atoms. The summed E-state index contributed by atoms with van der Waals surface area (Å²) in [6.45, 7) is 7.04. The molecule has 3 N–H and O–H groups in total. The third kappa shape index (κ3) is 6.63. The van der Waals surface area contributed by atoms with Crippen molar-refractivity contribution >= 4 is 17.3 Å². The number of carbonyl (C=O) groups is 1. The van der Waals surface area contributed by atoms with E-state index in [9.17, 15) is 4.79 Å². The van der Waals surface area contributed by atoms with E-state index in [0.717, 1.165) is 12.0 Å². The first-order chi connectivity index (χ1) is 10.1. The van der Waals surface area contributed by atoms with Crippen molar-refractivity contribution in [2.24, 2.45) is 5.92 Å². The highest BCUT2D eigenvalue weighted by atomic mass is 16.5. The van der Waals surface area contributed by atoms with Crippen LogP contribution in [-0.2, 0) is 9.53 Å². The molecule has 0 saturated carbocycles. The van der Waals surface area contributed by atoms with E-state index < -0.39 is 0 Å². The molecule has 0 heterocycles. The molecule has 0 radical (unpaired) electrons. The van der Waals surface area contributed by atoms with Gasteiger partial charge in [0.2, 0.25) is 5.91 Å². The highest BCUT2D eigenvalue weighted by Gasteiger charge is 2.09. The van der Waals surface area contributed by atoms with Crippen molar-refractivity contribution in [1.29, 1.82) is 0 Å². The first-order valence-electron chi connectivity index (χ1n) is 7.80. The Kier molecular flexibility index (Phi) is 7.83. The Morgan fingerprint density at radius 3 is 2.76 bits per heavy atom. The summed E-state index contributed by atoms with van der Waals surface area (Å²) in [5, 5.41) is 2.78. The summed E-state index contributed by atoms with van der Waals surface area (Å²) in [5.41, 5.74) is 8.17. The minimum absolute atomic E-state index is 0.0793. The SMILES string of the molecule is CCCCC(CC)COCC(=O)Nc1ccc(C)cc1N. The van der Waals surface area contributed by atoms with Gasteiger partial charge in [-0.3, -0.25) is 4.79 Å². The van der Waals surface area contributed by atoms with Gasteiger partial charge in [0.25, 0.3) is 0 Å². The fourth-order valence-electron chi connectivity index (χ4n) is 2.20. The fourth-order valence-corrected chi connectivity index (χ4v) is 2.20. The van der Waals surface area contributed by atoms with E-state index in [2.05, 4.69) is 19.2 Å². The van der Waals surface area contributed by atoms with Crippen LogP contribution in [0.3, 0.4) is 0 Å². The van der Waals surface area contributed by atoms with Gasteiger partial charge in [-0.2, -0.15) is 0 Å². The number of amides is 1. The summed E-state index contributed by atoms with van der Waals surface area (Å²) in [6, 6.07) is 5.58. The molecular weight excluding hydrogens is 264 g/mol. The number of nitrogens with one attached hydrogen (secondary N) is 1. The summed E-state index contributed by atoms with van der Waals surface area (Å²) in [6.07, 6.45) is 4.67. The van der Waals surface area contributed by atoms with Crippen molar-refractivity contribution in [1.82, 2.24) is 0 Å². The lowest BCUT2D eigenvalue weighted by molar-refractivity contribution is -0.121. The zero-order chi connectivity index (χ0) is 15.7. The Labute approximate surface area is 128 Å². The van der Waals surface area contributed by atoms with Crippen LogP contribution in [0.5, 0.6) is 0 Å². The zero-order valence-corrected chi connectivity index (χ0v) is 13.4. The lowest BCUT2D eigenvalue weighted by atomic mass is 10.0. The molecule has 1 atom stereocenters. The third-order valence-corrected chi connectivity index (χ3v) is 3.61. The number of rotatable bonds is 9. The number of anilines is 2. The molecule has 118 valence electrons. The largest absolute Gasteiger partial charge is 0.397 e. The minimum atomic E-state index is -0.157. The third-order valence-electron chi connectivity index (χ3n) is 3.61. The van der Waals surface area contributed by atoms with Crippen LogP contribution < -0.4 is 11.1 Å². The maximum absolute atomic E-state index is 11.8. The van der Waals surface area contributed by atoms with Gasteiger partial charge in [0.15, 0.2) is 0 Å². The first kappa shape index (κ1) is 17.5. The highest BCUT2D eigenvalue weighted by Crippen LogP contribution is 2.19. The summed E-state index contributed by atoms with van der Waals surface area (Å²) in [4.78, 5) is 11.8. The maximum Gasteiger partial charge on any atom is 0.250 e. The zero-order valence-electron chi connectivity index (χ0n) is 13.4. The number of benzene rings is 1. The Hall–Kier alpha value is -1.55. The predicted octanol–water partition coefficient (Wildman–Crippen LogP) is 3.75. The maximum atomic E-state index is 11.8. The molecule has 4 nitrogen and oxygen atoms in total. The van der Waals surface area contributed by atoms with Crippen LogP contribution >= 0.6 is 0 Å². The molecule has 0 aromatic heterocycles. The van der Waals surface area contributed by atoms with Gasteiger partial charge in [0.05, 0.1) is 18.0 Å². The summed E-state index contributed by atoms with van der Waals surface area (Å²) >= 11 is 0. The van der Waals surface area contributed by atoms with Gasteiger partial charge in [-0.15, -0.1) is 0 Å². The Morgan fingerprint density at radius 1 is 1.38 bits per heavy atom. The van der Waals surface area contributed by atoms with Gasteiger partial charge in [-0.25, -0.2) is 0 Å². The highest BCUT2D eigenvalue weighted by molar-refractivity contribution is 5.94. The van der Waals surface area contributed by atoms with E-state index >= 15 is 0 Å². The van der Waals surface area contributed by atoms with Gasteiger partial charge in [0, 0.05) is 0 Å². The van der Waals surface area contributed by atoms with Crippen molar-refractivity contribution in [2.45, 2.75) is 46.5 Å². The second kappa shape index (κ2) is 9.40. The topological polar surface area (TPSA) is 64.3 Å². The van der Waals surface area contributed by atoms with E-state index in [1.54, 1.807) is 0 Å². The standard InChI is InChI=1S/C17H28N2O2/c1-4-6-7-14(5-2)11-21-12-17(20)19-16-9-8-13(3)10-15(16)18/h8-10,14H,4-7,11-12,18H2,1-3H3,(H,19,20). The number of hydrogen-bond donors (Lipinski definition) is 2. The van der Waals surface area contributed by atoms with Crippen molar-refractivity contribution in [3.63, 3.8) is 0 Å². The molecule has 0 aliphatic carbocycles. The fraction of sp³-hybridized carbons (Fsp3) is 0.588. The number of unbranched alkanes of at least 4 members (excludes halogenated alkanes) is 1. The number of nitrogens with two attached hydrogens (primary N) is 1. The number of ether oxygens (including phenoxy) is 1. The molecule has 21 heavy (non-hydrogen) atoms. The number of carbonyl (C=O) groups excluding carboxylic acids is 1. The summed E-state index contributed by atoms with van der Waals surface area (Å²) in [5.74, 6) is 0.387. The Balaban J connectivity index is 2.33. The second-order valence-corrected chi connectivity index (χ2v) is 5.57. The van der Waals surface area contributed by atoms with Gasteiger partial charge < -0.3 is 15.8 Å².